The zero-order valence-corrected chi connectivity index (χ0v) is 27.9. The summed E-state index contributed by atoms with van der Waals surface area (Å²) in [6, 6.07) is 12.8. The smallest absolute Gasteiger partial charge is 0.407 e. The first-order chi connectivity index (χ1) is 23.9. The van der Waals surface area contributed by atoms with E-state index in [2.05, 4.69) is 57.0 Å². The summed E-state index contributed by atoms with van der Waals surface area (Å²) in [6.45, 7) is 1.51. The van der Waals surface area contributed by atoms with Crippen LogP contribution in [0.5, 0.6) is 0 Å². The van der Waals surface area contributed by atoms with E-state index in [4.69, 9.17) is 14.7 Å². The Hall–Kier alpha value is -4.48. The second kappa shape index (κ2) is 11.8. The lowest BCUT2D eigenvalue weighted by molar-refractivity contribution is -0.139. The van der Waals surface area contributed by atoms with Crippen LogP contribution in [-0.2, 0) is 9.53 Å². The van der Waals surface area contributed by atoms with Gasteiger partial charge in [-0.1, -0.05) is 37.1 Å². The third-order valence-electron chi connectivity index (χ3n) is 12.0. The van der Waals surface area contributed by atoms with Crippen LogP contribution >= 0.6 is 0 Å². The normalized spacial score (nSPS) is 27.5. The van der Waals surface area contributed by atoms with Crippen LogP contribution in [0, 0.1) is 11.8 Å². The van der Waals surface area contributed by atoms with Gasteiger partial charge in [-0.25, -0.2) is 14.8 Å². The Kier molecular flexibility index (Phi) is 7.39. The molecule has 11 heteroatoms. The van der Waals surface area contributed by atoms with Gasteiger partial charge in [-0.3, -0.25) is 4.79 Å². The molecule has 0 bridgehead atoms. The molecule has 2 saturated carbocycles. The molecule has 49 heavy (non-hydrogen) atoms. The largest absolute Gasteiger partial charge is 0.453 e. The summed E-state index contributed by atoms with van der Waals surface area (Å²) in [6.07, 6.45) is 10.9. The van der Waals surface area contributed by atoms with E-state index in [0.717, 1.165) is 65.8 Å². The number of aromatic nitrogens is 4. The van der Waals surface area contributed by atoms with E-state index >= 15 is 0 Å². The third-order valence-corrected chi connectivity index (χ3v) is 12.0. The lowest BCUT2D eigenvalue weighted by Crippen LogP contribution is -2.55. The van der Waals surface area contributed by atoms with E-state index < -0.39 is 18.2 Å². The number of hydrogen-bond acceptors (Lipinski definition) is 7. The summed E-state index contributed by atoms with van der Waals surface area (Å²) >= 11 is 0. The predicted molar refractivity (Wildman–Crippen MR) is 184 cm³/mol. The van der Waals surface area contributed by atoms with Gasteiger partial charge in [0.2, 0.25) is 5.91 Å². The van der Waals surface area contributed by atoms with Crippen LogP contribution in [0.4, 0.5) is 4.79 Å². The van der Waals surface area contributed by atoms with Gasteiger partial charge in [-0.05, 0) is 91.7 Å². The number of fused-ring (bicyclic) bond motifs is 6. The number of benzene rings is 2. The average Bonchev–Trinajstić information content (AvgIpc) is 3.93. The van der Waals surface area contributed by atoms with Crippen molar-refractivity contribution in [3.05, 3.63) is 60.4 Å². The standard InChI is InChI=1S/C38H43N7O4/c1-19(46)34(44-38(48)49-2)37(47)45-32-8-4-6-23(32)16-33(45)36-40-18-31(43-36)22-10-12-25-26-13-21(9-11-24(26)27(25)14-22)30-17-39-35(42-30)29-15-20-5-3-7-28(20)41-29/h9-14,17-20,23,28-29,32-34,41,46H,3-8,15-16H2,1-2H3,(H,39,42)(H,40,43)(H,44,48)/t19-,20+,23+,28+,29+,32+,33+,34+/m1/s1. The van der Waals surface area contributed by atoms with Gasteiger partial charge < -0.3 is 35.3 Å². The van der Waals surface area contributed by atoms with Crippen molar-refractivity contribution in [3.8, 4) is 44.8 Å². The summed E-state index contributed by atoms with van der Waals surface area (Å²) < 4.78 is 4.74. The number of carbonyl (C=O) groups excluding carboxylic acids is 2. The number of hydrogen-bond donors (Lipinski definition) is 5. The highest BCUT2D eigenvalue weighted by atomic mass is 16.5. The number of H-pyrrole nitrogens is 2. The number of methoxy groups -OCH3 is 1. The highest BCUT2D eigenvalue weighted by Crippen LogP contribution is 2.51. The Morgan fingerprint density at radius 3 is 2.20 bits per heavy atom. The number of ether oxygens (including phenoxy) is 1. The second-order valence-electron chi connectivity index (χ2n) is 14.7. The first-order valence-corrected chi connectivity index (χ1v) is 17.9. The maximum Gasteiger partial charge on any atom is 0.407 e. The van der Waals surface area contributed by atoms with E-state index in [1.54, 1.807) is 0 Å². The molecule has 4 fully saturated rings. The molecule has 2 saturated heterocycles. The van der Waals surface area contributed by atoms with Crippen molar-refractivity contribution >= 4 is 12.0 Å². The molecule has 9 rings (SSSR count). The fourth-order valence-electron chi connectivity index (χ4n) is 9.53. The number of rotatable bonds is 7. The van der Waals surface area contributed by atoms with Crippen molar-refractivity contribution in [1.29, 1.82) is 0 Å². The third kappa shape index (κ3) is 5.08. The molecule has 5 N–H and O–H groups in total. The van der Waals surface area contributed by atoms with Gasteiger partial charge in [0, 0.05) is 23.2 Å². The Bertz CT molecular complexity index is 1920. The Morgan fingerprint density at radius 2 is 1.53 bits per heavy atom. The molecule has 5 aliphatic rings. The summed E-state index contributed by atoms with van der Waals surface area (Å²) in [4.78, 5) is 44.5. The second-order valence-corrected chi connectivity index (χ2v) is 14.7. The molecule has 4 aromatic rings. The van der Waals surface area contributed by atoms with Gasteiger partial charge in [0.25, 0.3) is 0 Å². The summed E-state index contributed by atoms with van der Waals surface area (Å²) in [7, 11) is 1.25. The lowest BCUT2D eigenvalue weighted by Gasteiger charge is -2.33. The van der Waals surface area contributed by atoms with Gasteiger partial charge >= 0.3 is 6.09 Å². The lowest BCUT2D eigenvalue weighted by atomic mass is 9.78. The van der Waals surface area contributed by atoms with Crippen molar-refractivity contribution in [1.82, 2.24) is 35.5 Å². The number of alkyl carbamates (subject to hydrolysis) is 1. The number of nitrogens with one attached hydrogen (secondary N) is 4. The zero-order valence-electron chi connectivity index (χ0n) is 27.9. The number of aliphatic hydroxyl groups excluding tert-OH is 1. The minimum absolute atomic E-state index is 0.0528. The quantitative estimate of drug-likeness (QED) is 0.147. The summed E-state index contributed by atoms with van der Waals surface area (Å²) in [5, 5.41) is 16.8. The Labute approximate surface area is 285 Å². The number of imidazole rings is 2. The van der Waals surface area contributed by atoms with Crippen LogP contribution in [-0.4, -0.2) is 73.3 Å². The monoisotopic (exact) mass is 661 g/mol. The van der Waals surface area contributed by atoms with E-state index in [9.17, 15) is 14.7 Å². The number of carbonyl (C=O) groups is 2. The molecule has 254 valence electrons. The molecule has 0 radical (unpaired) electrons. The zero-order chi connectivity index (χ0) is 33.4. The summed E-state index contributed by atoms with van der Waals surface area (Å²) in [5.41, 5.74) is 9.03. The average molecular weight is 662 g/mol. The fraction of sp³-hybridized carbons (Fsp3) is 0.474. The number of nitrogens with zero attached hydrogens (tertiary/aromatic N) is 3. The van der Waals surface area contributed by atoms with Crippen molar-refractivity contribution in [2.75, 3.05) is 7.11 Å². The predicted octanol–water partition coefficient (Wildman–Crippen LogP) is 5.86. The molecule has 0 spiro atoms. The highest BCUT2D eigenvalue weighted by molar-refractivity contribution is 6.04. The van der Waals surface area contributed by atoms with E-state index in [-0.39, 0.29) is 18.0 Å². The molecule has 4 heterocycles. The van der Waals surface area contributed by atoms with Crippen LogP contribution in [0.1, 0.15) is 82.0 Å². The molecular formula is C38H43N7O4. The molecule has 2 aromatic heterocycles. The van der Waals surface area contributed by atoms with Crippen molar-refractivity contribution < 1.29 is 19.4 Å². The topological polar surface area (TPSA) is 148 Å². The highest BCUT2D eigenvalue weighted by Gasteiger charge is 2.49. The van der Waals surface area contributed by atoms with Gasteiger partial charge in [0.15, 0.2) is 0 Å². The number of aromatic amines is 2. The maximum atomic E-state index is 13.9. The number of amides is 2. The minimum Gasteiger partial charge on any atom is -0.453 e. The molecule has 8 atom stereocenters. The molecule has 2 aromatic carbocycles. The van der Waals surface area contributed by atoms with Gasteiger partial charge in [0.05, 0.1) is 49.1 Å². The minimum atomic E-state index is -1.10. The van der Waals surface area contributed by atoms with E-state index in [0.29, 0.717) is 18.0 Å². The van der Waals surface area contributed by atoms with Crippen LogP contribution < -0.4 is 10.6 Å². The van der Waals surface area contributed by atoms with Gasteiger partial charge in [-0.2, -0.15) is 0 Å². The molecule has 0 unspecified atom stereocenters. The number of aliphatic hydroxyl groups is 1. The van der Waals surface area contributed by atoms with Crippen molar-refractivity contribution in [3.63, 3.8) is 0 Å². The SMILES string of the molecule is COC(=O)N[C@H](C(=O)N1[C@H](c2ncc(-c3ccc4c(c3)-c3ccc(-c5cnc([C@@H]6C[C@@H]7CCC[C@@H]7N6)[nH]5)cc3-4)[nH]2)C[C@@H]2CCC[C@@H]21)[C@@H](C)O. The van der Waals surface area contributed by atoms with Crippen molar-refractivity contribution in [2.45, 2.75) is 94.6 Å². The van der Waals surface area contributed by atoms with E-state index in [1.807, 2.05) is 17.3 Å². The van der Waals surface area contributed by atoms with E-state index in [1.165, 1.54) is 62.0 Å². The van der Waals surface area contributed by atoms with Crippen LogP contribution in [0.25, 0.3) is 44.8 Å². The Morgan fingerprint density at radius 1 is 0.878 bits per heavy atom. The molecule has 11 nitrogen and oxygen atoms in total. The first kappa shape index (κ1) is 30.6. The molecule has 3 aliphatic carbocycles. The van der Waals surface area contributed by atoms with Crippen LogP contribution in [0.3, 0.4) is 0 Å². The number of likely N-dealkylation sites (tertiary alicyclic amines) is 1. The Balaban J connectivity index is 0.933. The van der Waals surface area contributed by atoms with Crippen molar-refractivity contribution in [2.24, 2.45) is 11.8 Å². The maximum absolute atomic E-state index is 13.9. The van der Waals surface area contributed by atoms with Gasteiger partial charge in [0.1, 0.15) is 17.7 Å². The molecular weight excluding hydrogens is 618 g/mol. The van der Waals surface area contributed by atoms with Crippen LogP contribution in [0.2, 0.25) is 0 Å². The summed E-state index contributed by atoms with van der Waals surface area (Å²) in [5.74, 6) is 2.61. The van der Waals surface area contributed by atoms with Gasteiger partial charge in [-0.15, -0.1) is 0 Å². The fourth-order valence-corrected chi connectivity index (χ4v) is 9.53. The molecule has 2 amide bonds. The molecule has 2 aliphatic heterocycles. The first-order valence-electron chi connectivity index (χ1n) is 17.9. The van der Waals surface area contributed by atoms with Crippen LogP contribution in [0.15, 0.2) is 48.8 Å².